The van der Waals surface area contributed by atoms with Crippen LogP contribution in [0.25, 0.3) is 0 Å². The molecule has 26 heavy (non-hydrogen) atoms. The van der Waals surface area contributed by atoms with Crippen molar-refractivity contribution in [2.24, 2.45) is 0 Å². The number of alkyl carbamates (subject to hydrolysis) is 1. The van der Waals surface area contributed by atoms with Crippen molar-refractivity contribution in [1.82, 2.24) is 10.6 Å². The second-order valence-corrected chi connectivity index (χ2v) is 6.63. The predicted octanol–water partition coefficient (Wildman–Crippen LogP) is 4.07. The SMILES string of the molecule is CC(NC1CC(NC(=O)OCc2ccccc2)C1)c1ccc(F)c(F)c1. The van der Waals surface area contributed by atoms with E-state index in [0.29, 0.717) is 5.56 Å². The summed E-state index contributed by atoms with van der Waals surface area (Å²) in [6.07, 6.45) is 1.12. The normalized spacial score (nSPS) is 20.1. The summed E-state index contributed by atoms with van der Waals surface area (Å²) in [6.45, 7) is 2.15. The second kappa shape index (κ2) is 8.27. The van der Waals surface area contributed by atoms with E-state index in [0.717, 1.165) is 24.5 Å². The van der Waals surface area contributed by atoms with E-state index in [4.69, 9.17) is 4.74 Å². The van der Waals surface area contributed by atoms with Gasteiger partial charge in [0.25, 0.3) is 0 Å². The average Bonchev–Trinajstić information content (AvgIpc) is 2.61. The molecule has 0 spiro atoms. The summed E-state index contributed by atoms with van der Waals surface area (Å²) in [5.41, 5.74) is 1.64. The first kappa shape index (κ1) is 18.3. The summed E-state index contributed by atoms with van der Waals surface area (Å²) < 4.78 is 31.5. The Balaban J connectivity index is 1.37. The van der Waals surface area contributed by atoms with Crippen LogP contribution >= 0.6 is 0 Å². The van der Waals surface area contributed by atoms with E-state index in [2.05, 4.69) is 10.6 Å². The molecule has 0 radical (unpaired) electrons. The molecule has 1 fully saturated rings. The highest BCUT2D eigenvalue weighted by atomic mass is 19.2. The first-order valence-electron chi connectivity index (χ1n) is 8.69. The van der Waals surface area contributed by atoms with Crippen LogP contribution in [-0.2, 0) is 11.3 Å². The average molecular weight is 360 g/mol. The zero-order valence-corrected chi connectivity index (χ0v) is 14.5. The van der Waals surface area contributed by atoms with Crippen molar-refractivity contribution < 1.29 is 18.3 Å². The molecule has 0 heterocycles. The molecule has 0 aromatic heterocycles. The number of amides is 1. The third kappa shape index (κ3) is 4.79. The highest BCUT2D eigenvalue weighted by Crippen LogP contribution is 2.24. The van der Waals surface area contributed by atoms with Gasteiger partial charge in [0.2, 0.25) is 0 Å². The number of benzene rings is 2. The molecule has 2 N–H and O–H groups in total. The first-order chi connectivity index (χ1) is 12.5. The summed E-state index contributed by atoms with van der Waals surface area (Å²) in [5.74, 6) is -1.69. The van der Waals surface area contributed by atoms with Crippen LogP contribution in [0.2, 0.25) is 0 Å². The smallest absolute Gasteiger partial charge is 0.407 e. The van der Waals surface area contributed by atoms with E-state index in [-0.39, 0.29) is 24.7 Å². The molecular formula is C20H22F2N2O2. The molecule has 2 aromatic rings. The molecule has 0 bridgehead atoms. The third-order valence-electron chi connectivity index (χ3n) is 4.60. The number of halogens is 2. The van der Waals surface area contributed by atoms with E-state index in [1.165, 1.54) is 6.07 Å². The summed E-state index contributed by atoms with van der Waals surface area (Å²) in [6, 6.07) is 13.6. The first-order valence-corrected chi connectivity index (χ1v) is 8.69. The van der Waals surface area contributed by atoms with Gasteiger partial charge >= 0.3 is 6.09 Å². The second-order valence-electron chi connectivity index (χ2n) is 6.63. The summed E-state index contributed by atoms with van der Waals surface area (Å²) >= 11 is 0. The Kier molecular flexibility index (Phi) is 5.83. The van der Waals surface area contributed by atoms with Gasteiger partial charge in [-0.1, -0.05) is 36.4 Å². The number of carbonyl (C=O) groups excluding carboxylic acids is 1. The van der Waals surface area contributed by atoms with Crippen LogP contribution in [0.3, 0.4) is 0 Å². The molecular weight excluding hydrogens is 338 g/mol. The minimum Gasteiger partial charge on any atom is -0.445 e. The highest BCUT2D eigenvalue weighted by Gasteiger charge is 2.31. The lowest BCUT2D eigenvalue weighted by Gasteiger charge is -2.38. The molecule has 0 aliphatic heterocycles. The van der Waals surface area contributed by atoms with E-state index in [9.17, 15) is 13.6 Å². The van der Waals surface area contributed by atoms with Crippen LogP contribution in [0, 0.1) is 11.6 Å². The maximum absolute atomic E-state index is 13.3. The zero-order valence-electron chi connectivity index (χ0n) is 14.5. The van der Waals surface area contributed by atoms with Crippen molar-refractivity contribution in [2.75, 3.05) is 0 Å². The standard InChI is InChI=1S/C20H22F2N2O2/c1-13(15-7-8-18(21)19(22)9-15)23-16-10-17(11-16)24-20(25)26-12-14-5-3-2-4-6-14/h2-9,13,16-17,23H,10-12H2,1H3,(H,24,25). The number of hydrogen-bond donors (Lipinski definition) is 2. The molecule has 1 aliphatic rings. The monoisotopic (exact) mass is 360 g/mol. The van der Waals surface area contributed by atoms with Crippen molar-refractivity contribution in [3.63, 3.8) is 0 Å². The van der Waals surface area contributed by atoms with Crippen molar-refractivity contribution >= 4 is 6.09 Å². The lowest BCUT2D eigenvalue weighted by Crippen LogP contribution is -2.52. The molecule has 1 aliphatic carbocycles. The lowest BCUT2D eigenvalue weighted by molar-refractivity contribution is 0.124. The van der Waals surface area contributed by atoms with Gasteiger partial charge in [0.1, 0.15) is 6.61 Å². The van der Waals surface area contributed by atoms with Gasteiger partial charge in [-0.15, -0.1) is 0 Å². The largest absolute Gasteiger partial charge is 0.445 e. The highest BCUT2D eigenvalue weighted by molar-refractivity contribution is 5.67. The Hall–Kier alpha value is -2.47. The molecule has 1 amide bonds. The molecule has 0 saturated heterocycles. The van der Waals surface area contributed by atoms with Gasteiger partial charge in [-0.3, -0.25) is 0 Å². The van der Waals surface area contributed by atoms with E-state index in [1.54, 1.807) is 6.07 Å². The van der Waals surface area contributed by atoms with Crippen molar-refractivity contribution in [3.05, 3.63) is 71.3 Å². The lowest BCUT2D eigenvalue weighted by atomic mass is 9.86. The Morgan fingerprint density at radius 3 is 2.54 bits per heavy atom. The quantitative estimate of drug-likeness (QED) is 0.816. The van der Waals surface area contributed by atoms with Gasteiger partial charge in [0.15, 0.2) is 11.6 Å². The molecule has 1 unspecified atom stereocenters. The molecule has 1 saturated carbocycles. The van der Waals surface area contributed by atoms with Crippen LogP contribution in [-0.4, -0.2) is 18.2 Å². The summed E-state index contributed by atoms with van der Waals surface area (Å²) in [5, 5.41) is 6.19. The van der Waals surface area contributed by atoms with Gasteiger partial charge in [-0.05, 0) is 43.0 Å². The molecule has 6 heteroatoms. The molecule has 3 rings (SSSR count). The van der Waals surface area contributed by atoms with E-state index >= 15 is 0 Å². The number of rotatable bonds is 6. The Morgan fingerprint density at radius 2 is 1.85 bits per heavy atom. The number of carbonyl (C=O) groups is 1. The maximum Gasteiger partial charge on any atom is 0.407 e. The van der Waals surface area contributed by atoms with Gasteiger partial charge in [-0.25, -0.2) is 13.6 Å². The number of ether oxygens (including phenoxy) is 1. The topological polar surface area (TPSA) is 50.4 Å². The zero-order chi connectivity index (χ0) is 18.5. The number of hydrogen-bond acceptors (Lipinski definition) is 3. The van der Waals surface area contributed by atoms with Crippen LogP contribution < -0.4 is 10.6 Å². The fraction of sp³-hybridized carbons (Fsp3) is 0.350. The van der Waals surface area contributed by atoms with Crippen LogP contribution in [0.4, 0.5) is 13.6 Å². The molecule has 2 aromatic carbocycles. The predicted molar refractivity (Wildman–Crippen MR) is 94.5 cm³/mol. The third-order valence-corrected chi connectivity index (χ3v) is 4.60. The van der Waals surface area contributed by atoms with Crippen molar-refractivity contribution in [3.8, 4) is 0 Å². The fourth-order valence-corrected chi connectivity index (χ4v) is 3.03. The van der Waals surface area contributed by atoms with Crippen molar-refractivity contribution in [2.45, 2.75) is 44.5 Å². The van der Waals surface area contributed by atoms with Crippen LogP contribution in [0.15, 0.2) is 48.5 Å². The minimum atomic E-state index is -0.845. The van der Waals surface area contributed by atoms with E-state index < -0.39 is 17.7 Å². The molecule has 138 valence electrons. The minimum absolute atomic E-state index is 0.0629. The summed E-state index contributed by atoms with van der Waals surface area (Å²) in [4.78, 5) is 11.8. The number of nitrogens with one attached hydrogen (secondary N) is 2. The Labute approximate surface area is 151 Å². The maximum atomic E-state index is 13.3. The van der Waals surface area contributed by atoms with Crippen LogP contribution in [0.5, 0.6) is 0 Å². The molecule has 4 nitrogen and oxygen atoms in total. The van der Waals surface area contributed by atoms with Gasteiger partial charge < -0.3 is 15.4 Å². The van der Waals surface area contributed by atoms with Gasteiger partial charge in [0.05, 0.1) is 0 Å². The van der Waals surface area contributed by atoms with E-state index in [1.807, 2.05) is 37.3 Å². The van der Waals surface area contributed by atoms with Crippen LogP contribution in [0.1, 0.15) is 36.9 Å². The Morgan fingerprint density at radius 1 is 1.12 bits per heavy atom. The summed E-state index contributed by atoms with van der Waals surface area (Å²) in [7, 11) is 0. The van der Waals surface area contributed by atoms with Crippen molar-refractivity contribution in [1.29, 1.82) is 0 Å². The fourth-order valence-electron chi connectivity index (χ4n) is 3.03. The molecule has 1 atom stereocenters. The van der Waals surface area contributed by atoms with Gasteiger partial charge in [-0.2, -0.15) is 0 Å². The Bertz CT molecular complexity index is 749. The van der Waals surface area contributed by atoms with Gasteiger partial charge in [0, 0.05) is 18.1 Å².